The van der Waals surface area contributed by atoms with Crippen molar-refractivity contribution in [3.8, 4) is 5.69 Å². The van der Waals surface area contributed by atoms with E-state index in [0.717, 1.165) is 36.3 Å². The second-order valence-electron chi connectivity index (χ2n) is 6.36. The quantitative estimate of drug-likeness (QED) is 0.886. The smallest absolute Gasteiger partial charge is 0.222 e. The van der Waals surface area contributed by atoms with Gasteiger partial charge in [-0.25, -0.2) is 9.07 Å². The van der Waals surface area contributed by atoms with Gasteiger partial charge in [0, 0.05) is 23.7 Å². The number of nitrogens with zero attached hydrogens (tertiary/aromatic N) is 2. The molecule has 1 aliphatic rings. The number of hydrogen-bond acceptors (Lipinski definition) is 3. The van der Waals surface area contributed by atoms with Crippen LogP contribution in [0.5, 0.6) is 0 Å². The van der Waals surface area contributed by atoms with E-state index >= 15 is 0 Å². The Morgan fingerprint density at radius 3 is 2.88 bits per heavy atom. The lowest BCUT2D eigenvalue weighted by Gasteiger charge is -2.16. The van der Waals surface area contributed by atoms with Gasteiger partial charge in [0.1, 0.15) is 5.82 Å². The van der Waals surface area contributed by atoms with Crippen LogP contribution in [-0.4, -0.2) is 28.3 Å². The van der Waals surface area contributed by atoms with Gasteiger partial charge in [0.05, 0.1) is 17.9 Å². The molecule has 0 spiro atoms. The van der Waals surface area contributed by atoms with Crippen molar-refractivity contribution in [1.29, 1.82) is 0 Å². The number of hydrogen-bond donors (Lipinski definition) is 2. The standard InChI is InChI=1S/C18H23FN4O/c1-12(22-18(24)10-15-4-3-9-20-15)17-11-21-23(13(17)2)16-7-5-14(19)6-8-16/h5-8,11-12,15,20H,3-4,9-10H2,1-2H3,(H,22,24). The predicted molar refractivity (Wildman–Crippen MR) is 90.5 cm³/mol. The number of carbonyl (C=O) groups is 1. The molecule has 2 aromatic rings. The molecule has 0 radical (unpaired) electrons. The molecular formula is C18H23FN4O. The molecule has 2 atom stereocenters. The largest absolute Gasteiger partial charge is 0.349 e. The molecule has 2 heterocycles. The molecule has 0 saturated carbocycles. The molecule has 1 amide bonds. The van der Waals surface area contributed by atoms with Crippen LogP contribution in [0, 0.1) is 12.7 Å². The third-order valence-electron chi connectivity index (χ3n) is 4.56. The van der Waals surface area contributed by atoms with E-state index < -0.39 is 0 Å². The minimum atomic E-state index is -0.273. The molecule has 1 aliphatic heterocycles. The maximum absolute atomic E-state index is 13.1. The molecule has 5 nitrogen and oxygen atoms in total. The van der Waals surface area contributed by atoms with E-state index in [-0.39, 0.29) is 17.8 Å². The normalized spacial score (nSPS) is 18.5. The van der Waals surface area contributed by atoms with Crippen molar-refractivity contribution >= 4 is 5.91 Å². The van der Waals surface area contributed by atoms with Gasteiger partial charge in [0.25, 0.3) is 0 Å². The zero-order chi connectivity index (χ0) is 17.1. The van der Waals surface area contributed by atoms with Crippen molar-refractivity contribution in [2.45, 2.75) is 45.2 Å². The minimum absolute atomic E-state index is 0.0517. The molecule has 2 N–H and O–H groups in total. The second kappa shape index (κ2) is 7.13. The Morgan fingerprint density at radius 1 is 1.46 bits per heavy atom. The molecular weight excluding hydrogens is 307 g/mol. The van der Waals surface area contributed by atoms with Crippen LogP contribution in [0.4, 0.5) is 4.39 Å². The van der Waals surface area contributed by atoms with Gasteiger partial charge >= 0.3 is 0 Å². The first-order valence-electron chi connectivity index (χ1n) is 8.38. The number of halogens is 1. The first kappa shape index (κ1) is 16.6. The van der Waals surface area contributed by atoms with E-state index in [0.29, 0.717) is 12.5 Å². The molecule has 1 aromatic heterocycles. The highest BCUT2D eigenvalue weighted by Gasteiger charge is 2.20. The summed E-state index contributed by atoms with van der Waals surface area (Å²) in [5.41, 5.74) is 2.70. The summed E-state index contributed by atoms with van der Waals surface area (Å²) in [6, 6.07) is 6.38. The van der Waals surface area contributed by atoms with Crippen LogP contribution in [0.2, 0.25) is 0 Å². The number of nitrogens with one attached hydrogen (secondary N) is 2. The fourth-order valence-electron chi connectivity index (χ4n) is 3.22. The average Bonchev–Trinajstić information content (AvgIpc) is 3.18. The Morgan fingerprint density at radius 2 is 2.21 bits per heavy atom. The number of benzene rings is 1. The third kappa shape index (κ3) is 3.64. The van der Waals surface area contributed by atoms with Gasteiger partial charge in [0.15, 0.2) is 0 Å². The highest BCUT2D eigenvalue weighted by atomic mass is 19.1. The molecule has 1 fully saturated rings. The van der Waals surface area contributed by atoms with E-state index in [2.05, 4.69) is 15.7 Å². The first-order chi connectivity index (χ1) is 11.5. The highest BCUT2D eigenvalue weighted by molar-refractivity contribution is 5.77. The fraction of sp³-hybridized carbons (Fsp3) is 0.444. The van der Waals surface area contributed by atoms with Gasteiger partial charge in [-0.05, 0) is 57.5 Å². The molecule has 2 unspecified atom stereocenters. The van der Waals surface area contributed by atoms with Crippen molar-refractivity contribution in [3.63, 3.8) is 0 Å². The number of aromatic nitrogens is 2. The number of amides is 1. The number of rotatable bonds is 5. The van der Waals surface area contributed by atoms with Gasteiger partial charge in [0.2, 0.25) is 5.91 Å². The fourth-order valence-corrected chi connectivity index (χ4v) is 3.22. The van der Waals surface area contributed by atoms with Crippen molar-refractivity contribution in [2.24, 2.45) is 0 Å². The molecule has 6 heteroatoms. The summed E-state index contributed by atoms with van der Waals surface area (Å²) in [4.78, 5) is 12.2. The van der Waals surface area contributed by atoms with E-state index in [1.165, 1.54) is 12.1 Å². The van der Waals surface area contributed by atoms with Crippen LogP contribution in [0.15, 0.2) is 30.5 Å². The molecule has 0 aliphatic carbocycles. The van der Waals surface area contributed by atoms with Crippen molar-refractivity contribution in [1.82, 2.24) is 20.4 Å². The Kier molecular flexibility index (Phi) is 4.94. The number of carbonyl (C=O) groups excluding carboxylic acids is 1. The van der Waals surface area contributed by atoms with Crippen LogP contribution in [0.25, 0.3) is 5.69 Å². The maximum atomic E-state index is 13.1. The Balaban J connectivity index is 1.68. The van der Waals surface area contributed by atoms with Gasteiger partial charge < -0.3 is 10.6 Å². The van der Waals surface area contributed by atoms with Crippen LogP contribution in [0.1, 0.15) is 43.5 Å². The lowest BCUT2D eigenvalue weighted by Crippen LogP contribution is -2.33. The summed E-state index contributed by atoms with van der Waals surface area (Å²) in [5.74, 6) is -0.222. The summed E-state index contributed by atoms with van der Waals surface area (Å²) >= 11 is 0. The molecule has 1 saturated heterocycles. The van der Waals surface area contributed by atoms with Gasteiger partial charge in [-0.2, -0.15) is 5.10 Å². The van der Waals surface area contributed by atoms with Gasteiger partial charge in [-0.3, -0.25) is 4.79 Å². The van der Waals surface area contributed by atoms with Crippen LogP contribution in [-0.2, 0) is 4.79 Å². The van der Waals surface area contributed by atoms with Crippen LogP contribution < -0.4 is 10.6 Å². The summed E-state index contributed by atoms with van der Waals surface area (Å²) in [7, 11) is 0. The minimum Gasteiger partial charge on any atom is -0.349 e. The maximum Gasteiger partial charge on any atom is 0.222 e. The Hall–Kier alpha value is -2.21. The zero-order valence-electron chi connectivity index (χ0n) is 14.1. The van der Waals surface area contributed by atoms with Crippen LogP contribution in [0.3, 0.4) is 0 Å². The monoisotopic (exact) mass is 330 g/mol. The van der Waals surface area contributed by atoms with Crippen molar-refractivity contribution < 1.29 is 9.18 Å². The summed E-state index contributed by atoms with van der Waals surface area (Å²) in [6.45, 7) is 4.91. The van der Waals surface area contributed by atoms with Gasteiger partial charge in [-0.15, -0.1) is 0 Å². The topological polar surface area (TPSA) is 59.0 Å². The van der Waals surface area contributed by atoms with Crippen molar-refractivity contribution in [3.05, 3.63) is 47.5 Å². The first-order valence-corrected chi connectivity index (χ1v) is 8.38. The van der Waals surface area contributed by atoms with E-state index in [1.54, 1.807) is 23.0 Å². The predicted octanol–water partition coefficient (Wildman–Crippen LogP) is 2.64. The molecule has 1 aromatic carbocycles. The summed E-state index contributed by atoms with van der Waals surface area (Å²) in [5, 5.41) is 10.8. The average molecular weight is 330 g/mol. The Labute approximate surface area is 141 Å². The zero-order valence-corrected chi connectivity index (χ0v) is 14.1. The Bertz CT molecular complexity index is 704. The lowest BCUT2D eigenvalue weighted by molar-refractivity contribution is -0.122. The van der Waals surface area contributed by atoms with E-state index in [9.17, 15) is 9.18 Å². The van der Waals surface area contributed by atoms with E-state index in [1.807, 2.05) is 13.8 Å². The second-order valence-corrected chi connectivity index (χ2v) is 6.36. The van der Waals surface area contributed by atoms with Crippen molar-refractivity contribution in [2.75, 3.05) is 6.54 Å². The molecule has 24 heavy (non-hydrogen) atoms. The molecule has 128 valence electrons. The molecule has 0 bridgehead atoms. The van der Waals surface area contributed by atoms with Crippen LogP contribution >= 0.6 is 0 Å². The lowest BCUT2D eigenvalue weighted by atomic mass is 10.1. The summed E-state index contributed by atoms with van der Waals surface area (Å²) in [6.07, 6.45) is 4.47. The molecule has 3 rings (SSSR count). The van der Waals surface area contributed by atoms with E-state index in [4.69, 9.17) is 0 Å². The third-order valence-corrected chi connectivity index (χ3v) is 4.56. The van der Waals surface area contributed by atoms with Gasteiger partial charge in [-0.1, -0.05) is 0 Å². The SMILES string of the molecule is Cc1c(C(C)NC(=O)CC2CCCN2)cnn1-c1ccc(F)cc1. The highest BCUT2D eigenvalue weighted by Crippen LogP contribution is 2.21. The summed E-state index contributed by atoms with van der Waals surface area (Å²) < 4.78 is 14.8.